The molecule has 0 heterocycles. The van der Waals surface area contributed by atoms with Crippen molar-refractivity contribution in [3.8, 4) is 0 Å². The van der Waals surface area contributed by atoms with Crippen molar-refractivity contribution in [2.24, 2.45) is 0 Å². The average Bonchev–Trinajstić information content (AvgIpc) is 1.41. The minimum absolute atomic E-state index is 0. The van der Waals surface area contributed by atoms with Crippen molar-refractivity contribution in [1.82, 2.24) is 0 Å². The third-order valence-electron chi connectivity index (χ3n) is 0. The number of carboxylic acid groups (broad SMARTS) is 1. The van der Waals surface area contributed by atoms with Gasteiger partial charge in [-0.1, -0.05) is 0 Å². The smallest absolute Gasteiger partial charge is 0.300 e. The fourth-order valence-electron chi connectivity index (χ4n) is 0. The first kappa shape index (κ1) is 23.5. The van der Waals surface area contributed by atoms with Crippen molar-refractivity contribution in [2.75, 3.05) is 0 Å². The molecule has 0 radical (unpaired) electrons. The van der Waals surface area contributed by atoms with Gasteiger partial charge in [0.1, 0.15) is 0 Å². The van der Waals surface area contributed by atoms with E-state index in [0.717, 1.165) is 6.92 Å². The molecule has 8 heavy (non-hydrogen) atoms. The molecule has 4 heteroatoms. The monoisotopic (exact) mass is 233 g/mol. The zero-order chi connectivity index (χ0) is 5.58. The third kappa shape index (κ3) is 621. The molecule has 0 aromatic carbocycles. The standard InChI is InChI=1S/C2H4O2.C2H5.BrH.Zn/c1-2(3)4;1-2;;/h1H3,(H,3,4);1H2,2H3;1H;/q;-1;;. The van der Waals surface area contributed by atoms with E-state index in [1.54, 1.807) is 6.92 Å². The third-order valence-corrected chi connectivity index (χ3v) is 0. The van der Waals surface area contributed by atoms with Crippen LogP contribution < -0.4 is 0 Å². The van der Waals surface area contributed by atoms with E-state index in [-0.39, 0.29) is 36.5 Å². The largest absolute Gasteiger partial charge is 0.481 e. The Hall–Kier alpha value is 0.573. The normalized spacial score (nSPS) is 3.88. The van der Waals surface area contributed by atoms with Crippen molar-refractivity contribution >= 4 is 23.0 Å². The molecule has 0 atom stereocenters. The van der Waals surface area contributed by atoms with Crippen molar-refractivity contribution in [3.63, 3.8) is 0 Å². The Morgan fingerprint density at radius 1 is 1.50 bits per heavy atom. The van der Waals surface area contributed by atoms with Gasteiger partial charge >= 0.3 is 0 Å². The molecule has 0 bridgehead atoms. The first-order valence-electron chi connectivity index (χ1n) is 1.63. The zero-order valence-corrected chi connectivity index (χ0v) is 9.86. The maximum Gasteiger partial charge on any atom is 0.300 e. The minimum atomic E-state index is -0.833. The molecule has 0 fully saturated rings. The van der Waals surface area contributed by atoms with Crippen molar-refractivity contribution < 1.29 is 29.4 Å². The number of aliphatic carboxylic acids is 1. The van der Waals surface area contributed by atoms with Gasteiger partial charge in [0, 0.05) is 26.4 Å². The number of carbonyl (C=O) groups is 1. The summed E-state index contributed by atoms with van der Waals surface area (Å²) in [7, 11) is 0. The summed E-state index contributed by atoms with van der Waals surface area (Å²) in [6, 6.07) is 0. The van der Waals surface area contributed by atoms with Crippen molar-refractivity contribution in [3.05, 3.63) is 6.92 Å². The molecule has 0 aliphatic carbocycles. The van der Waals surface area contributed by atoms with Crippen LogP contribution in [-0.2, 0) is 24.3 Å². The SMILES string of the molecule is Br.CC(=O)O.[CH2-]C.[Zn]. The van der Waals surface area contributed by atoms with E-state index in [4.69, 9.17) is 9.90 Å². The van der Waals surface area contributed by atoms with Crippen molar-refractivity contribution in [2.45, 2.75) is 13.8 Å². The van der Waals surface area contributed by atoms with Gasteiger partial charge in [-0.05, 0) is 0 Å². The molecule has 0 amide bonds. The summed E-state index contributed by atoms with van der Waals surface area (Å²) in [5.41, 5.74) is 0. The predicted octanol–water partition coefficient (Wildman–Crippen LogP) is 1.51. The molecule has 2 nitrogen and oxygen atoms in total. The summed E-state index contributed by atoms with van der Waals surface area (Å²) < 4.78 is 0. The molecule has 1 N–H and O–H groups in total. The van der Waals surface area contributed by atoms with E-state index in [1.807, 2.05) is 0 Å². The number of carboxylic acids is 1. The van der Waals surface area contributed by atoms with Crippen LogP contribution in [0.15, 0.2) is 0 Å². The number of halogens is 1. The number of hydrogen-bond acceptors (Lipinski definition) is 1. The average molecular weight is 235 g/mol. The van der Waals surface area contributed by atoms with Crippen LogP contribution in [0.3, 0.4) is 0 Å². The van der Waals surface area contributed by atoms with Crippen LogP contribution in [0.25, 0.3) is 0 Å². The maximum absolute atomic E-state index is 9.00. The van der Waals surface area contributed by atoms with Gasteiger partial charge in [-0.2, -0.15) is 6.92 Å². The van der Waals surface area contributed by atoms with E-state index < -0.39 is 5.97 Å². The second kappa shape index (κ2) is 25.6. The van der Waals surface area contributed by atoms with Gasteiger partial charge < -0.3 is 12.0 Å². The number of hydrogen-bond donors (Lipinski definition) is 1. The Bertz CT molecular complexity index is 37.0. The van der Waals surface area contributed by atoms with Crippen molar-refractivity contribution in [1.29, 1.82) is 0 Å². The topological polar surface area (TPSA) is 37.3 Å². The Morgan fingerprint density at radius 2 is 1.50 bits per heavy atom. The van der Waals surface area contributed by atoms with Crippen LogP contribution >= 0.6 is 17.0 Å². The fraction of sp³-hybridized carbons (Fsp3) is 0.500. The summed E-state index contributed by atoms with van der Waals surface area (Å²) in [5.74, 6) is -0.833. The molecule has 0 saturated carbocycles. The summed E-state index contributed by atoms with van der Waals surface area (Å²) in [6.07, 6.45) is 0. The molecule has 0 aromatic heterocycles. The molecule has 0 spiro atoms. The molecule has 0 aliphatic heterocycles. The quantitative estimate of drug-likeness (QED) is 0.510. The maximum atomic E-state index is 9.00. The fourth-order valence-corrected chi connectivity index (χ4v) is 0. The summed E-state index contributed by atoms with van der Waals surface area (Å²) >= 11 is 0. The van der Waals surface area contributed by atoms with Crippen LogP contribution in [0.4, 0.5) is 0 Å². The first-order chi connectivity index (χ1) is 2.73. The summed E-state index contributed by atoms with van der Waals surface area (Å²) in [5, 5.41) is 7.42. The van der Waals surface area contributed by atoms with E-state index in [9.17, 15) is 0 Å². The van der Waals surface area contributed by atoms with Crippen LogP contribution in [0.1, 0.15) is 13.8 Å². The van der Waals surface area contributed by atoms with Gasteiger partial charge in [0.2, 0.25) is 0 Å². The van der Waals surface area contributed by atoms with Crippen LogP contribution in [0.2, 0.25) is 0 Å². The van der Waals surface area contributed by atoms with E-state index in [0.29, 0.717) is 0 Å². The molecule has 48 valence electrons. The Balaban J connectivity index is -0.0000000183. The van der Waals surface area contributed by atoms with Crippen LogP contribution in [0.5, 0.6) is 0 Å². The second-order valence-corrected chi connectivity index (χ2v) is 0.519. The summed E-state index contributed by atoms with van der Waals surface area (Å²) in [6.45, 7) is 6.08. The Labute approximate surface area is 73.2 Å². The minimum Gasteiger partial charge on any atom is -0.481 e. The molecule has 0 aliphatic rings. The Kier molecular flexibility index (Phi) is 75.3. The van der Waals surface area contributed by atoms with Gasteiger partial charge in [0.05, 0.1) is 0 Å². The first-order valence-corrected chi connectivity index (χ1v) is 1.63. The second-order valence-electron chi connectivity index (χ2n) is 0.519. The Morgan fingerprint density at radius 3 is 1.50 bits per heavy atom. The molecule has 0 unspecified atom stereocenters. The van der Waals surface area contributed by atoms with Gasteiger partial charge in [-0.25, -0.2) is 0 Å². The van der Waals surface area contributed by atoms with E-state index in [2.05, 4.69) is 6.92 Å². The predicted molar refractivity (Wildman–Crippen MR) is 34.7 cm³/mol. The van der Waals surface area contributed by atoms with Gasteiger partial charge in [-0.15, -0.1) is 17.0 Å². The molecular formula is C4H10BrO2Zn-. The van der Waals surface area contributed by atoms with Gasteiger partial charge in [0.15, 0.2) is 0 Å². The molecule has 0 rings (SSSR count). The van der Waals surface area contributed by atoms with E-state index in [1.165, 1.54) is 0 Å². The van der Waals surface area contributed by atoms with Gasteiger partial charge in [-0.3, -0.25) is 4.79 Å². The van der Waals surface area contributed by atoms with E-state index >= 15 is 0 Å². The summed E-state index contributed by atoms with van der Waals surface area (Å²) in [4.78, 5) is 9.00. The van der Waals surface area contributed by atoms with Crippen LogP contribution in [-0.4, -0.2) is 11.1 Å². The van der Waals surface area contributed by atoms with Gasteiger partial charge in [0.25, 0.3) is 5.97 Å². The molecule has 0 aromatic rings. The molecular weight excluding hydrogens is 225 g/mol. The van der Waals surface area contributed by atoms with Crippen LogP contribution in [0, 0.1) is 6.92 Å². The molecule has 0 saturated heterocycles. The zero-order valence-electron chi connectivity index (χ0n) is 5.18. The number of rotatable bonds is 0.